The van der Waals surface area contributed by atoms with Crippen LogP contribution in [0.25, 0.3) is 0 Å². The summed E-state index contributed by atoms with van der Waals surface area (Å²) in [5, 5.41) is 0. The molecule has 0 rings (SSSR count). The van der Waals surface area contributed by atoms with Crippen LogP contribution in [0, 0.1) is 0 Å². The lowest BCUT2D eigenvalue weighted by molar-refractivity contribution is 0.682. The predicted octanol–water partition coefficient (Wildman–Crippen LogP) is 2.65. The minimum atomic E-state index is -1.04. The molecule has 0 bridgehead atoms. The molecule has 0 spiro atoms. The second kappa shape index (κ2) is 6.23. The molecule has 0 aliphatic rings. The van der Waals surface area contributed by atoms with Crippen LogP contribution in [-0.4, -0.2) is 24.3 Å². The lowest BCUT2D eigenvalue weighted by Crippen LogP contribution is -2.19. The summed E-state index contributed by atoms with van der Waals surface area (Å²) in [7, 11) is -1.04. The summed E-state index contributed by atoms with van der Waals surface area (Å²) in [4.78, 5) is 0. The van der Waals surface area contributed by atoms with Gasteiger partial charge in [-0.15, -0.1) is 23.2 Å². The number of alkyl halides is 4. The number of hydrogen-bond acceptors (Lipinski definition) is 1. The van der Waals surface area contributed by atoms with Crippen molar-refractivity contribution in [3.8, 4) is 0 Å². The summed E-state index contributed by atoms with van der Waals surface area (Å²) in [6.45, 7) is 0. The van der Waals surface area contributed by atoms with E-state index in [1.807, 2.05) is 0 Å². The smallest absolute Gasteiger partial charge is 0.104 e. The third-order valence-corrected chi connectivity index (χ3v) is 6.68. The van der Waals surface area contributed by atoms with Crippen LogP contribution in [0.4, 0.5) is 0 Å². The molecule has 0 aliphatic heterocycles. The van der Waals surface area contributed by atoms with Gasteiger partial charge in [0.15, 0.2) is 0 Å². The van der Waals surface area contributed by atoms with Crippen molar-refractivity contribution < 1.29 is 4.21 Å². The zero-order valence-corrected chi connectivity index (χ0v) is 10.4. The minimum absolute atomic E-state index is 0.183. The van der Waals surface area contributed by atoms with Crippen molar-refractivity contribution in [2.75, 3.05) is 11.8 Å². The average molecular weight is 333 g/mol. The molecule has 6 heteroatoms. The fraction of sp³-hybridized carbons (Fsp3) is 1.00. The van der Waals surface area contributed by atoms with E-state index in [2.05, 4.69) is 31.9 Å². The van der Waals surface area contributed by atoms with Gasteiger partial charge >= 0.3 is 0 Å². The highest BCUT2D eigenvalue weighted by molar-refractivity contribution is 9.13. The Labute approximate surface area is 89.5 Å². The van der Waals surface area contributed by atoms with E-state index in [1.54, 1.807) is 0 Å². The van der Waals surface area contributed by atoms with E-state index in [0.29, 0.717) is 11.8 Å². The topological polar surface area (TPSA) is 17.1 Å². The van der Waals surface area contributed by atoms with Gasteiger partial charge in [0, 0.05) is 11.8 Å². The minimum Gasteiger partial charge on any atom is -0.257 e. The van der Waals surface area contributed by atoms with Gasteiger partial charge < -0.3 is 0 Å². The molecule has 0 aromatic rings. The number of halogens is 4. The summed E-state index contributed by atoms with van der Waals surface area (Å²) >= 11 is 17.2. The van der Waals surface area contributed by atoms with Crippen LogP contribution in [0.15, 0.2) is 0 Å². The van der Waals surface area contributed by atoms with Gasteiger partial charge in [-0.3, -0.25) is 4.21 Å². The Kier molecular flexibility index (Phi) is 7.29. The highest BCUT2D eigenvalue weighted by atomic mass is 79.9. The molecule has 0 aliphatic carbocycles. The zero-order chi connectivity index (χ0) is 8.15. The van der Waals surface area contributed by atoms with Crippen LogP contribution in [0.3, 0.4) is 0 Å². The Balaban J connectivity index is 3.82. The van der Waals surface area contributed by atoms with E-state index in [1.165, 1.54) is 0 Å². The van der Waals surface area contributed by atoms with E-state index in [0.717, 1.165) is 0 Å². The molecular formula is C4H6Br2Cl2OS. The highest BCUT2D eigenvalue weighted by Crippen LogP contribution is 2.17. The molecule has 1 nitrogen and oxygen atoms in total. The molecule has 62 valence electrons. The molecule has 0 heterocycles. The molecule has 1 unspecified atom stereocenters. The van der Waals surface area contributed by atoms with Crippen molar-refractivity contribution in [1.82, 2.24) is 0 Å². The molecule has 0 saturated carbocycles. The fourth-order valence-electron chi connectivity index (χ4n) is 0.284. The number of hydrogen-bond donors (Lipinski definition) is 0. The van der Waals surface area contributed by atoms with E-state index in [4.69, 9.17) is 23.2 Å². The van der Waals surface area contributed by atoms with E-state index < -0.39 is 10.8 Å². The van der Waals surface area contributed by atoms with Gasteiger partial charge in [-0.1, -0.05) is 31.9 Å². The predicted molar refractivity (Wildman–Crippen MR) is 55.0 cm³/mol. The lowest BCUT2D eigenvalue weighted by Gasteiger charge is -2.08. The summed E-state index contributed by atoms with van der Waals surface area (Å²) in [5.41, 5.74) is 0. The summed E-state index contributed by atoms with van der Waals surface area (Å²) < 4.78 is 10.8. The lowest BCUT2D eigenvalue weighted by atomic mass is 10.9. The first-order valence-electron chi connectivity index (χ1n) is 2.43. The third-order valence-electron chi connectivity index (χ3n) is 0.747. The molecule has 0 saturated heterocycles. The van der Waals surface area contributed by atoms with Gasteiger partial charge in [0.05, 0.1) is 10.8 Å². The maximum Gasteiger partial charge on any atom is 0.104 e. The van der Waals surface area contributed by atoms with Crippen molar-refractivity contribution in [2.45, 2.75) is 8.32 Å². The molecule has 0 amide bonds. The average Bonchev–Trinajstić information content (AvgIpc) is 2.00. The van der Waals surface area contributed by atoms with Gasteiger partial charge in [-0.25, -0.2) is 0 Å². The van der Waals surface area contributed by atoms with Crippen LogP contribution >= 0.6 is 55.1 Å². The van der Waals surface area contributed by atoms with Crippen LogP contribution in [-0.2, 0) is 10.8 Å². The van der Waals surface area contributed by atoms with E-state index in [9.17, 15) is 4.21 Å². The summed E-state index contributed by atoms with van der Waals surface area (Å²) in [6.07, 6.45) is 0. The molecule has 3 atom stereocenters. The maximum absolute atomic E-state index is 11.2. The van der Waals surface area contributed by atoms with Gasteiger partial charge in [0.1, 0.15) is 8.32 Å². The van der Waals surface area contributed by atoms with Crippen molar-refractivity contribution in [3.63, 3.8) is 0 Å². The van der Waals surface area contributed by atoms with E-state index in [-0.39, 0.29) is 8.32 Å². The Morgan fingerprint density at radius 2 is 1.50 bits per heavy atom. The molecule has 0 aromatic carbocycles. The monoisotopic (exact) mass is 330 g/mol. The van der Waals surface area contributed by atoms with Crippen LogP contribution in [0.2, 0.25) is 0 Å². The highest BCUT2D eigenvalue weighted by Gasteiger charge is 2.18. The summed E-state index contributed by atoms with van der Waals surface area (Å²) in [6, 6.07) is 0. The third kappa shape index (κ3) is 3.90. The zero-order valence-electron chi connectivity index (χ0n) is 4.90. The van der Waals surface area contributed by atoms with Crippen molar-refractivity contribution in [1.29, 1.82) is 0 Å². The first kappa shape index (κ1) is 11.7. The van der Waals surface area contributed by atoms with Gasteiger partial charge in [0.25, 0.3) is 0 Å². The normalized spacial score (nSPS) is 20.0. The first-order chi connectivity index (χ1) is 4.63. The van der Waals surface area contributed by atoms with Gasteiger partial charge in [0.2, 0.25) is 0 Å². The second-order valence-electron chi connectivity index (χ2n) is 1.46. The quantitative estimate of drug-likeness (QED) is 0.723. The van der Waals surface area contributed by atoms with Crippen LogP contribution < -0.4 is 0 Å². The molecule has 0 N–H and O–H groups in total. The Bertz CT molecular complexity index is 112. The molecule has 10 heavy (non-hydrogen) atoms. The van der Waals surface area contributed by atoms with Crippen LogP contribution in [0.5, 0.6) is 0 Å². The molecule has 0 radical (unpaired) electrons. The van der Waals surface area contributed by atoms with Crippen molar-refractivity contribution >= 4 is 65.9 Å². The van der Waals surface area contributed by atoms with Gasteiger partial charge in [-0.05, 0) is 0 Å². The van der Waals surface area contributed by atoms with E-state index >= 15 is 0 Å². The van der Waals surface area contributed by atoms with Crippen LogP contribution in [0.1, 0.15) is 0 Å². The van der Waals surface area contributed by atoms with Gasteiger partial charge in [-0.2, -0.15) is 0 Å². The van der Waals surface area contributed by atoms with Crippen molar-refractivity contribution in [2.24, 2.45) is 0 Å². The largest absolute Gasteiger partial charge is 0.257 e. The first-order valence-corrected chi connectivity index (χ1v) is 6.60. The SMILES string of the molecule is O=S([C@H](Br)CCl)[C@@H](Br)CCl. The fourth-order valence-corrected chi connectivity index (χ4v) is 4.03. The molecule has 0 fully saturated rings. The maximum atomic E-state index is 11.2. The Morgan fingerprint density at radius 3 is 1.70 bits per heavy atom. The Morgan fingerprint density at radius 1 is 1.20 bits per heavy atom. The second-order valence-corrected chi connectivity index (χ2v) is 7.29. The molecular weight excluding hydrogens is 327 g/mol. The standard InChI is InChI=1S/C4H6Br2Cl2OS/c5-3(1-7)10(9)4(6)2-8/h3-4H,1-2H2/t3-,4+,10?. The summed E-state index contributed by atoms with van der Waals surface area (Å²) in [5.74, 6) is 0.650. The Hall–Kier alpha value is 1.69. The van der Waals surface area contributed by atoms with Crippen molar-refractivity contribution in [3.05, 3.63) is 0 Å². The number of rotatable bonds is 4. The molecule has 0 aromatic heterocycles.